The molecule has 0 aliphatic rings. The molecular formula is C14H12N4O5. The highest BCUT2D eigenvalue weighted by Gasteiger charge is 2.31. The Morgan fingerprint density at radius 3 is 2.22 bits per heavy atom. The highest BCUT2D eigenvalue weighted by Crippen LogP contribution is 2.37. The number of carbonyl (C=O) groups is 1. The molecule has 0 bridgehead atoms. The van der Waals surface area contributed by atoms with Crippen LogP contribution < -0.4 is 11.1 Å². The van der Waals surface area contributed by atoms with Gasteiger partial charge in [-0.3, -0.25) is 25.0 Å². The number of nitro groups is 2. The topological polar surface area (TPSA) is 141 Å². The highest BCUT2D eigenvalue weighted by atomic mass is 16.6. The van der Waals surface area contributed by atoms with Gasteiger partial charge in [0, 0.05) is 12.6 Å². The lowest BCUT2D eigenvalue weighted by Gasteiger charge is -2.09. The molecule has 0 aromatic heterocycles. The number of rotatable bonds is 6. The molecule has 0 fully saturated rings. The van der Waals surface area contributed by atoms with Gasteiger partial charge < -0.3 is 11.1 Å². The number of carbonyl (C=O) groups excluding carboxylic acids is 1. The van der Waals surface area contributed by atoms with Crippen LogP contribution in [0.4, 0.5) is 17.1 Å². The fraction of sp³-hybridized carbons (Fsp3) is 0.0714. The van der Waals surface area contributed by atoms with E-state index in [1.807, 2.05) is 0 Å². The van der Waals surface area contributed by atoms with Crippen LogP contribution in [-0.2, 0) is 6.54 Å². The van der Waals surface area contributed by atoms with E-state index in [0.29, 0.717) is 0 Å². The van der Waals surface area contributed by atoms with Crippen LogP contribution in [0.2, 0.25) is 0 Å². The second-order valence-electron chi connectivity index (χ2n) is 4.57. The molecule has 0 saturated heterocycles. The normalized spacial score (nSPS) is 10.1. The summed E-state index contributed by atoms with van der Waals surface area (Å²) in [4.78, 5) is 32.1. The molecule has 0 saturated carbocycles. The number of nitrogens with one attached hydrogen (secondary N) is 1. The SMILES string of the molecule is NC(=O)c1ccc([N+](=O)[O-])c(NCc2ccccc2)c1[N+](=O)[O-]. The van der Waals surface area contributed by atoms with Gasteiger partial charge in [0.2, 0.25) is 0 Å². The summed E-state index contributed by atoms with van der Waals surface area (Å²) < 4.78 is 0. The minimum Gasteiger partial charge on any atom is -0.370 e. The summed E-state index contributed by atoms with van der Waals surface area (Å²) in [6.07, 6.45) is 0. The number of anilines is 1. The van der Waals surface area contributed by atoms with Crippen LogP contribution in [0.3, 0.4) is 0 Å². The number of hydrogen-bond acceptors (Lipinski definition) is 6. The van der Waals surface area contributed by atoms with Crippen LogP contribution in [-0.4, -0.2) is 15.8 Å². The zero-order valence-corrected chi connectivity index (χ0v) is 11.8. The predicted molar refractivity (Wildman–Crippen MR) is 82.0 cm³/mol. The maximum atomic E-state index is 11.4. The lowest BCUT2D eigenvalue weighted by molar-refractivity contribution is -0.392. The van der Waals surface area contributed by atoms with Crippen molar-refractivity contribution in [1.82, 2.24) is 0 Å². The van der Waals surface area contributed by atoms with E-state index in [4.69, 9.17) is 5.73 Å². The largest absolute Gasteiger partial charge is 0.370 e. The number of nitrogens with two attached hydrogens (primary N) is 1. The predicted octanol–water partition coefficient (Wildman–Crippen LogP) is 2.21. The Balaban J connectivity index is 2.52. The number of primary amides is 1. The van der Waals surface area contributed by atoms with Gasteiger partial charge in [-0.05, 0) is 11.6 Å². The third-order valence-corrected chi connectivity index (χ3v) is 3.11. The summed E-state index contributed by atoms with van der Waals surface area (Å²) in [6.45, 7) is 0.116. The zero-order valence-electron chi connectivity index (χ0n) is 11.8. The van der Waals surface area contributed by atoms with Crippen LogP contribution in [0.15, 0.2) is 42.5 Å². The zero-order chi connectivity index (χ0) is 17.0. The molecule has 0 unspecified atom stereocenters. The number of amides is 1. The van der Waals surface area contributed by atoms with E-state index < -0.39 is 32.7 Å². The van der Waals surface area contributed by atoms with E-state index in [9.17, 15) is 25.0 Å². The van der Waals surface area contributed by atoms with Crippen molar-refractivity contribution in [1.29, 1.82) is 0 Å². The van der Waals surface area contributed by atoms with Gasteiger partial charge in [-0.1, -0.05) is 30.3 Å². The first-order valence-electron chi connectivity index (χ1n) is 6.45. The number of hydrogen-bond donors (Lipinski definition) is 2. The Bertz CT molecular complexity index is 776. The molecule has 2 rings (SSSR count). The van der Waals surface area contributed by atoms with Crippen molar-refractivity contribution in [2.45, 2.75) is 6.54 Å². The standard InChI is InChI=1S/C14H12N4O5/c15-14(19)10-6-7-11(17(20)21)12(13(10)18(22)23)16-8-9-4-2-1-3-5-9/h1-7,16H,8H2,(H2,15,19). The van der Waals surface area contributed by atoms with Crippen molar-refractivity contribution in [3.8, 4) is 0 Å². The first-order valence-corrected chi connectivity index (χ1v) is 6.45. The molecule has 118 valence electrons. The average molecular weight is 316 g/mol. The monoisotopic (exact) mass is 316 g/mol. The summed E-state index contributed by atoms with van der Waals surface area (Å²) in [6, 6.07) is 10.8. The van der Waals surface area contributed by atoms with Gasteiger partial charge in [0.25, 0.3) is 11.6 Å². The molecule has 0 aliphatic carbocycles. The van der Waals surface area contributed by atoms with Gasteiger partial charge in [0.1, 0.15) is 5.56 Å². The van der Waals surface area contributed by atoms with E-state index in [1.54, 1.807) is 30.3 Å². The fourth-order valence-corrected chi connectivity index (χ4v) is 2.08. The van der Waals surface area contributed by atoms with E-state index in [0.717, 1.165) is 17.7 Å². The van der Waals surface area contributed by atoms with Gasteiger partial charge in [-0.2, -0.15) is 0 Å². The Kier molecular flexibility index (Phi) is 4.50. The van der Waals surface area contributed by atoms with E-state index in [-0.39, 0.29) is 12.2 Å². The van der Waals surface area contributed by atoms with Crippen molar-refractivity contribution < 1.29 is 14.6 Å². The lowest BCUT2D eigenvalue weighted by atomic mass is 10.1. The Hall–Kier alpha value is -3.49. The van der Waals surface area contributed by atoms with Crippen molar-refractivity contribution in [2.24, 2.45) is 5.73 Å². The van der Waals surface area contributed by atoms with Gasteiger partial charge in [-0.25, -0.2) is 0 Å². The van der Waals surface area contributed by atoms with Crippen molar-refractivity contribution in [3.05, 3.63) is 73.8 Å². The van der Waals surface area contributed by atoms with Crippen LogP contribution in [0.25, 0.3) is 0 Å². The third kappa shape index (κ3) is 3.40. The second kappa shape index (κ2) is 6.52. The molecular weight excluding hydrogens is 304 g/mol. The van der Waals surface area contributed by atoms with Crippen LogP contribution in [0, 0.1) is 20.2 Å². The minimum absolute atomic E-state index is 0.116. The molecule has 3 N–H and O–H groups in total. The van der Waals surface area contributed by atoms with Gasteiger partial charge in [0.15, 0.2) is 5.69 Å². The Morgan fingerprint density at radius 1 is 1.04 bits per heavy atom. The summed E-state index contributed by atoms with van der Waals surface area (Å²) in [5.41, 5.74) is 3.93. The van der Waals surface area contributed by atoms with Crippen molar-refractivity contribution in [3.63, 3.8) is 0 Å². The maximum Gasteiger partial charge on any atom is 0.312 e. The maximum absolute atomic E-state index is 11.4. The van der Waals surface area contributed by atoms with Crippen molar-refractivity contribution in [2.75, 3.05) is 5.32 Å². The number of nitro benzene ring substituents is 2. The molecule has 2 aromatic carbocycles. The van der Waals surface area contributed by atoms with Gasteiger partial charge in [-0.15, -0.1) is 0 Å². The molecule has 0 aliphatic heterocycles. The minimum atomic E-state index is -1.03. The number of nitrogens with zero attached hydrogens (tertiary/aromatic N) is 2. The molecule has 0 heterocycles. The smallest absolute Gasteiger partial charge is 0.312 e. The molecule has 0 radical (unpaired) electrons. The molecule has 9 heteroatoms. The van der Waals surface area contributed by atoms with E-state index >= 15 is 0 Å². The quantitative estimate of drug-likeness (QED) is 0.618. The van der Waals surface area contributed by atoms with Crippen LogP contribution in [0.1, 0.15) is 15.9 Å². The summed E-state index contributed by atoms with van der Waals surface area (Å²) in [7, 11) is 0. The Morgan fingerprint density at radius 2 is 1.70 bits per heavy atom. The summed E-state index contributed by atoms with van der Waals surface area (Å²) in [5, 5.41) is 25.0. The lowest BCUT2D eigenvalue weighted by Crippen LogP contribution is -2.15. The third-order valence-electron chi connectivity index (χ3n) is 3.11. The Labute approximate surface area is 130 Å². The van der Waals surface area contributed by atoms with Crippen LogP contribution >= 0.6 is 0 Å². The number of benzene rings is 2. The molecule has 0 spiro atoms. The van der Waals surface area contributed by atoms with Gasteiger partial charge >= 0.3 is 5.69 Å². The fourth-order valence-electron chi connectivity index (χ4n) is 2.08. The van der Waals surface area contributed by atoms with Crippen molar-refractivity contribution >= 4 is 23.0 Å². The molecule has 2 aromatic rings. The highest BCUT2D eigenvalue weighted by molar-refractivity contribution is 6.00. The molecule has 0 atom stereocenters. The van der Waals surface area contributed by atoms with Crippen LogP contribution in [0.5, 0.6) is 0 Å². The summed E-state index contributed by atoms with van der Waals surface area (Å²) in [5.74, 6) is -1.03. The first-order chi connectivity index (χ1) is 10.9. The molecule has 23 heavy (non-hydrogen) atoms. The van der Waals surface area contributed by atoms with E-state index in [1.165, 1.54) is 0 Å². The second-order valence-corrected chi connectivity index (χ2v) is 4.57. The average Bonchev–Trinajstić information content (AvgIpc) is 2.52. The molecule has 1 amide bonds. The van der Waals surface area contributed by atoms with E-state index in [2.05, 4.69) is 5.32 Å². The molecule has 9 nitrogen and oxygen atoms in total. The summed E-state index contributed by atoms with van der Waals surface area (Å²) >= 11 is 0. The first kappa shape index (κ1) is 15.9. The van der Waals surface area contributed by atoms with Gasteiger partial charge in [0.05, 0.1) is 9.85 Å².